The molecule has 0 spiro atoms. The summed E-state index contributed by atoms with van der Waals surface area (Å²) in [6.07, 6.45) is 1.68. The second-order valence-corrected chi connectivity index (χ2v) is 4.71. The van der Waals surface area contributed by atoms with Crippen molar-refractivity contribution in [3.63, 3.8) is 0 Å². The van der Waals surface area contributed by atoms with E-state index in [9.17, 15) is 9.59 Å². The summed E-state index contributed by atoms with van der Waals surface area (Å²) in [4.78, 5) is 35.4. The highest BCUT2D eigenvalue weighted by Gasteiger charge is 2.14. The normalized spacial score (nSPS) is 11.2. The Kier molecular flexibility index (Phi) is 2.56. The number of imidazole rings is 1. The highest BCUT2D eigenvalue weighted by Crippen LogP contribution is 2.16. The van der Waals surface area contributed by atoms with Gasteiger partial charge in [0.2, 0.25) is 0 Å². The molecule has 0 unspecified atom stereocenters. The lowest BCUT2D eigenvalue weighted by Gasteiger charge is -2.00. The molecular weight excluding hydrogens is 258 g/mol. The number of aromatic nitrogens is 5. The molecule has 3 rings (SSSR count). The molecule has 0 bridgehead atoms. The molecule has 3 heterocycles. The highest BCUT2D eigenvalue weighted by molar-refractivity contribution is 5.74. The Bertz CT molecular complexity index is 932. The Hall–Kier alpha value is -2.70. The van der Waals surface area contributed by atoms with Gasteiger partial charge in [0.15, 0.2) is 11.5 Å². The second kappa shape index (κ2) is 4.16. The van der Waals surface area contributed by atoms with Gasteiger partial charge in [-0.25, -0.2) is 9.78 Å². The number of rotatable bonds is 1. The predicted octanol–water partition coefficient (Wildman–Crippen LogP) is 0.331. The summed E-state index contributed by atoms with van der Waals surface area (Å²) in [5.74, 6) is 0.474. The molecule has 1 N–H and O–H groups in total. The SMILES string of the molecule is Cc1ccnc(-c2nc3c([nH]2)c(=O)n(C)c(=O)n3C)c1. The van der Waals surface area contributed by atoms with E-state index in [1.165, 1.54) is 11.6 Å². The molecule has 0 aromatic carbocycles. The molecule has 0 saturated carbocycles. The summed E-state index contributed by atoms with van der Waals surface area (Å²) >= 11 is 0. The smallest absolute Gasteiger partial charge is 0.331 e. The van der Waals surface area contributed by atoms with Crippen LogP contribution in [0.5, 0.6) is 0 Å². The van der Waals surface area contributed by atoms with Crippen LogP contribution in [0, 0.1) is 6.92 Å². The Labute approximate surface area is 113 Å². The van der Waals surface area contributed by atoms with Crippen LogP contribution in [-0.4, -0.2) is 24.1 Å². The number of nitrogens with zero attached hydrogens (tertiary/aromatic N) is 4. The zero-order valence-electron chi connectivity index (χ0n) is 11.3. The van der Waals surface area contributed by atoms with E-state index in [0.717, 1.165) is 10.1 Å². The first-order chi connectivity index (χ1) is 9.49. The van der Waals surface area contributed by atoms with E-state index in [1.54, 1.807) is 13.2 Å². The lowest BCUT2D eigenvalue weighted by Crippen LogP contribution is -2.36. The minimum Gasteiger partial charge on any atom is -0.331 e. The van der Waals surface area contributed by atoms with Gasteiger partial charge in [-0.05, 0) is 24.6 Å². The van der Waals surface area contributed by atoms with E-state index >= 15 is 0 Å². The fourth-order valence-corrected chi connectivity index (χ4v) is 2.11. The molecule has 0 saturated heterocycles. The molecule has 7 nitrogen and oxygen atoms in total. The summed E-state index contributed by atoms with van der Waals surface area (Å²) in [7, 11) is 3.02. The summed E-state index contributed by atoms with van der Waals surface area (Å²) in [6, 6.07) is 3.74. The van der Waals surface area contributed by atoms with Gasteiger partial charge in [0.25, 0.3) is 5.56 Å². The van der Waals surface area contributed by atoms with Crippen LogP contribution in [0.4, 0.5) is 0 Å². The molecule has 3 aromatic heterocycles. The highest BCUT2D eigenvalue weighted by atomic mass is 16.2. The van der Waals surface area contributed by atoms with Gasteiger partial charge >= 0.3 is 5.69 Å². The summed E-state index contributed by atoms with van der Waals surface area (Å²) in [5.41, 5.74) is 1.50. The first-order valence-electron chi connectivity index (χ1n) is 6.08. The molecule has 7 heteroatoms. The maximum Gasteiger partial charge on any atom is 0.332 e. The van der Waals surface area contributed by atoms with Crippen molar-refractivity contribution in [1.82, 2.24) is 24.1 Å². The first kappa shape index (κ1) is 12.3. The zero-order chi connectivity index (χ0) is 14.4. The molecule has 20 heavy (non-hydrogen) atoms. The molecule has 0 radical (unpaired) electrons. The van der Waals surface area contributed by atoms with Crippen molar-refractivity contribution in [2.75, 3.05) is 0 Å². The fraction of sp³-hybridized carbons (Fsp3) is 0.231. The van der Waals surface area contributed by atoms with Crippen LogP contribution < -0.4 is 11.2 Å². The molecule has 0 fully saturated rings. The standard InChI is InChI=1S/C13H13N5O2/c1-7-4-5-14-8(6-7)10-15-9-11(16-10)17(2)13(20)18(3)12(9)19/h4-6H,1-3H3,(H,15,16). The lowest BCUT2D eigenvalue weighted by atomic mass is 10.2. The van der Waals surface area contributed by atoms with Crippen LogP contribution in [0.25, 0.3) is 22.7 Å². The van der Waals surface area contributed by atoms with E-state index in [2.05, 4.69) is 15.0 Å². The van der Waals surface area contributed by atoms with Gasteiger partial charge in [-0.2, -0.15) is 0 Å². The summed E-state index contributed by atoms with van der Waals surface area (Å²) in [5, 5.41) is 0. The molecule has 102 valence electrons. The van der Waals surface area contributed by atoms with Crippen molar-refractivity contribution in [3.05, 3.63) is 44.7 Å². The van der Waals surface area contributed by atoms with Crippen LogP contribution in [0.1, 0.15) is 5.56 Å². The van der Waals surface area contributed by atoms with Crippen LogP contribution in [-0.2, 0) is 14.1 Å². The van der Waals surface area contributed by atoms with Gasteiger partial charge in [0.05, 0.1) is 0 Å². The minimum absolute atomic E-state index is 0.299. The lowest BCUT2D eigenvalue weighted by molar-refractivity contribution is 0.709. The average molecular weight is 271 g/mol. The maximum absolute atomic E-state index is 12.1. The van der Waals surface area contributed by atoms with Crippen molar-refractivity contribution in [2.45, 2.75) is 6.92 Å². The third-order valence-corrected chi connectivity index (χ3v) is 3.25. The zero-order valence-corrected chi connectivity index (χ0v) is 11.3. The Morgan fingerprint density at radius 3 is 2.65 bits per heavy atom. The Balaban J connectivity index is 2.37. The van der Waals surface area contributed by atoms with Crippen molar-refractivity contribution in [2.24, 2.45) is 14.1 Å². The van der Waals surface area contributed by atoms with Gasteiger partial charge in [-0.15, -0.1) is 0 Å². The van der Waals surface area contributed by atoms with E-state index < -0.39 is 11.2 Å². The second-order valence-electron chi connectivity index (χ2n) is 4.71. The Morgan fingerprint density at radius 2 is 1.95 bits per heavy atom. The van der Waals surface area contributed by atoms with Gasteiger partial charge in [0.1, 0.15) is 11.2 Å². The van der Waals surface area contributed by atoms with Crippen molar-refractivity contribution in [3.8, 4) is 11.5 Å². The monoisotopic (exact) mass is 271 g/mol. The topological polar surface area (TPSA) is 85.6 Å². The molecule has 0 aliphatic heterocycles. The Morgan fingerprint density at radius 1 is 1.20 bits per heavy atom. The van der Waals surface area contributed by atoms with E-state index in [4.69, 9.17) is 0 Å². The van der Waals surface area contributed by atoms with Gasteiger partial charge in [-0.1, -0.05) is 0 Å². The largest absolute Gasteiger partial charge is 0.332 e. The maximum atomic E-state index is 12.1. The average Bonchev–Trinajstić information content (AvgIpc) is 2.88. The van der Waals surface area contributed by atoms with Crippen molar-refractivity contribution >= 4 is 11.2 Å². The van der Waals surface area contributed by atoms with Gasteiger partial charge < -0.3 is 4.98 Å². The van der Waals surface area contributed by atoms with E-state index in [0.29, 0.717) is 22.7 Å². The number of H-pyrrole nitrogens is 1. The summed E-state index contributed by atoms with van der Waals surface area (Å²) < 4.78 is 2.39. The molecule has 0 aliphatic carbocycles. The number of aryl methyl sites for hydroxylation is 2. The van der Waals surface area contributed by atoms with Crippen LogP contribution >= 0.6 is 0 Å². The van der Waals surface area contributed by atoms with Crippen molar-refractivity contribution < 1.29 is 0 Å². The minimum atomic E-state index is -0.405. The van der Waals surface area contributed by atoms with Gasteiger partial charge in [-0.3, -0.25) is 18.9 Å². The predicted molar refractivity (Wildman–Crippen MR) is 74.5 cm³/mol. The number of pyridine rings is 1. The first-order valence-corrected chi connectivity index (χ1v) is 6.08. The van der Waals surface area contributed by atoms with Crippen LogP contribution in [0.3, 0.4) is 0 Å². The molecule has 0 aliphatic rings. The van der Waals surface area contributed by atoms with Crippen molar-refractivity contribution in [1.29, 1.82) is 0 Å². The van der Waals surface area contributed by atoms with Crippen LogP contribution in [0.15, 0.2) is 27.9 Å². The molecule has 3 aromatic rings. The summed E-state index contributed by atoms with van der Waals surface area (Å²) in [6.45, 7) is 1.95. The van der Waals surface area contributed by atoms with Crippen LogP contribution in [0.2, 0.25) is 0 Å². The van der Waals surface area contributed by atoms with Gasteiger partial charge in [0, 0.05) is 20.3 Å². The van der Waals surface area contributed by atoms with E-state index in [1.807, 2.05) is 19.1 Å². The third kappa shape index (κ3) is 1.67. The third-order valence-electron chi connectivity index (χ3n) is 3.25. The number of fused-ring (bicyclic) bond motifs is 1. The number of hydrogen-bond donors (Lipinski definition) is 1. The number of hydrogen-bond acceptors (Lipinski definition) is 4. The molecule has 0 atom stereocenters. The quantitative estimate of drug-likeness (QED) is 0.691. The number of nitrogens with one attached hydrogen (secondary N) is 1. The van der Waals surface area contributed by atoms with E-state index in [-0.39, 0.29) is 0 Å². The molecular formula is C13H13N5O2. The fourth-order valence-electron chi connectivity index (χ4n) is 2.11. The molecule has 0 amide bonds. The number of aromatic amines is 1.